The second kappa shape index (κ2) is 6.68. The van der Waals surface area contributed by atoms with Crippen LogP contribution in [0.4, 0.5) is 0 Å². The molecule has 0 aromatic rings. The molecule has 19 heavy (non-hydrogen) atoms. The highest BCUT2D eigenvalue weighted by atomic mass is 16.3. The van der Waals surface area contributed by atoms with Gasteiger partial charge in [-0.1, -0.05) is 13.3 Å². The van der Waals surface area contributed by atoms with Crippen LogP contribution in [0.1, 0.15) is 26.2 Å². The molecular weight excluding hydrogens is 242 g/mol. The first-order chi connectivity index (χ1) is 9.08. The van der Waals surface area contributed by atoms with Crippen molar-refractivity contribution in [2.75, 3.05) is 39.3 Å². The summed E-state index contributed by atoms with van der Waals surface area (Å²) in [6.07, 6.45) is 3.48. The van der Waals surface area contributed by atoms with Crippen molar-refractivity contribution < 1.29 is 9.90 Å². The molecule has 2 saturated heterocycles. The topological polar surface area (TPSA) is 69.8 Å². The largest absolute Gasteiger partial charge is 0.390 e. The minimum absolute atomic E-state index is 0.00695. The molecule has 1 atom stereocenters. The predicted octanol–water partition coefficient (Wildman–Crippen LogP) is -0.114. The van der Waals surface area contributed by atoms with Crippen molar-refractivity contribution in [1.82, 2.24) is 9.80 Å². The number of carbonyl (C=O) groups is 1. The Morgan fingerprint density at radius 2 is 1.84 bits per heavy atom. The molecule has 2 heterocycles. The van der Waals surface area contributed by atoms with Crippen LogP contribution in [-0.4, -0.2) is 66.2 Å². The van der Waals surface area contributed by atoms with Crippen LogP contribution in [0.2, 0.25) is 0 Å². The molecule has 2 aliphatic rings. The van der Waals surface area contributed by atoms with E-state index >= 15 is 0 Å². The molecule has 5 nitrogen and oxygen atoms in total. The molecule has 0 aliphatic carbocycles. The molecule has 2 aliphatic heterocycles. The number of nitrogens with two attached hydrogens (primary N) is 1. The number of primary amides is 1. The van der Waals surface area contributed by atoms with Crippen molar-refractivity contribution in [2.45, 2.75) is 32.3 Å². The van der Waals surface area contributed by atoms with Crippen molar-refractivity contribution >= 4 is 5.91 Å². The number of rotatable bonds is 6. The zero-order valence-electron chi connectivity index (χ0n) is 11.9. The molecule has 1 amide bonds. The summed E-state index contributed by atoms with van der Waals surface area (Å²) in [7, 11) is 0. The number of piperidine rings is 1. The van der Waals surface area contributed by atoms with E-state index in [4.69, 9.17) is 5.73 Å². The maximum Gasteiger partial charge on any atom is 0.223 e. The van der Waals surface area contributed by atoms with Gasteiger partial charge < -0.3 is 15.7 Å². The number of amides is 1. The second-order valence-electron chi connectivity index (χ2n) is 6.12. The average molecular weight is 269 g/mol. The lowest BCUT2D eigenvalue weighted by Gasteiger charge is -2.39. The molecule has 0 bridgehead atoms. The highest BCUT2D eigenvalue weighted by Gasteiger charge is 2.32. The van der Waals surface area contributed by atoms with E-state index in [2.05, 4.69) is 16.7 Å². The molecule has 1 unspecified atom stereocenters. The van der Waals surface area contributed by atoms with Gasteiger partial charge in [0.1, 0.15) is 0 Å². The smallest absolute Gasteiger partial charge is 0.223 e. The summed E-state index contributed by atoms with van der Waals surface area (Å²) in [6.45, 7) is 7.33. The van der Waals surface area contributed by atoms with Crippen LogP contribution in [0.25, 0.3) is 0 Å². The number of likely N-dealkylation sites (tertiary alicyclic amines) is 2. The Labute approximate surface area is 115 Å². The van der Waals surface area contributed by atoms with Gasteiger partial charge >= 0.3 is 0 Å². The lowest BCUT2D eigenvalue weighted by Crippen LogP contribution is -2.55. The first-order valence-corrected chi connectivity index (χ1v) is 7.50. The van der Waals surface area contributed by atoms with Gasteiger partial charge in [0.2, 0.25) is 5.91 Å². The number of hydrogen-bond acceptors (Lipinski definition) is 4. The monoisotopic (exact) mass is 269 g/mol. The fraction of sp³-hybridized carbons (Fsp3) is 0.929. The number of aliphatic hydroxyl groups is 1. The summed E-state index contributed by atoms with van der Waals surface area (Å²) in [6, 6.07) is 0. The van der Waals surface area contributed by atoms with Gasteiger partial charge in [-0.2, -0.15) is 0 Å². The maximum absolute atomic E-state index is 10.9. The van der Waals surface area contributed by atoms with E-state index in [1.165, 1.54) is 19.3 Å². The summed E-state index contributed by atoms with van der Waals surface area (Å²) in [4.78, 5) is 15.4. The Balaban J connectivity index is 1.60. The van der Waals surface area contributed by atoms with Crippen molar-refractivity contribution in [3.8, 4) is 0 Å². The molecule has 0 radical (unpaired) electrons. The van der Waals surface area contributed by atoms with Crippen molar-refractivity contribution in [2.24, 2.45) is 17.6 Å². The fourth-order valence-electron chi connectivity index (χ4n) is 3.13. The summed E-state index contributed by atoms with van der Waals surface area (Å²) < 4.78 is 0. The summed E-state index contributed by atoms with van der Waals surface area (Å²) in [5.41, 5.74) is 5.23. The highest BCUT2D eigenvalue weighted by Crippen LogP contribution is 2.20. The van der Waals surface area contributed by atoms with E-state index in [-0.39, 0.29) is 17.9 Å². The Hall–Kier alpha value is -0.650. The summed E-state index contributed by atoms with van der Waals surface area (Å²) in [5, 5.41) is 10.1. The minimum atomic E-state index is -0.313. The normalized spacial score (nSPS) is 25.2. The van der Waals surface area contributed by atoms with Crippen LogP contribution in [0.15, 0.2) is 0 Å². The SMILES string of the molecule is CCC1CCN(CC(O)CN2CC(C(N)=O)C2)CC1. The number of aliphatic hydroxyl groups excluding tert-OH is 1. The number of carbonyl (C=O) groups excluding carboxylic acids is 1. The third-order valence-corrected chi connectivity index (χ3v) is 4.58. The van der Waals surface area contributed by atoms with Gasteiger partial charge in [0.25, 0.3) is 0 Å². The number of β-amino-alcohol motifs (C(OH)–C–C–N with tert-alkyl or cyclic N) is 1. The molecule has 2 rings (SSSR count). The van der Waals surface area contributed by atoms with Gasteiger partial charge in [0.15, 0.2) is 0 Å². The van der Waals surface area contributed by atoms with Crippen molar-refractivity contribution in [1.29, 1.82) is 0 Å². The Bertz CT molecular complexity index is 297. The van der Waals surface area contributed by atoms with Crippen LogP contribution < -0.4 is 5.73 Å². The molecule has 3 N–H and O–H groups in total. The molecular formula is C14H27N3O2. The Morgan fingerprint density at radius 3 is 2.37 bits per heavy atom. The molecule has 5 heteroatoms. The molecule has 0 aromatic heterocycles. The van der Waals surface area contributed by atoms with E-state index in [0.717, 1.165) is 25.6 Å². The maximum atomic E-state index is 10.9. The average Bonchev–Trinajstić information content (AvgIpc) is 2.33. The third-order valence-electron chi connectivity index (χ3n) is 4.58. The standard InChI is InChI=1S/C14H27N3O2/c1-2-11-3-5-16(6-4-11)9-13(18)10-17-7-12(8-17)14(15)19/h11-13,18H,2-10H2,1H3,(H2,15,19). The Morgan fingerprint density at radius 1 is 1.26 bits per heavy atom. The van der Waals surface area contributed by atoms with Crippen molar-refractivity contribution in [3.63, 3.8) is 0 Å². The molecule has 2 fully saturated rings. The predicted molar refractivity (Wildman–Crippen MR) is 74.6 cm³/mol. The first kappa shape index (κ1) is 14.8. The van der Waals surface area contributed by atoms with E-state index in [0.29, 0.717) is 19.6 Å². The van der Waals surface area contributed by atoms with Gasteiger partial charge in [-0.15, -0.1) is 0 Å². The second-order valence-corrected chi connectivity index (χ2v) is 6.12. The zero-order valence-corrected chi connectivity index (χ0v) is 11.9. The van der Waals surface area contributed by atoms with Gasteiger partial charge in [0, 0.05) is 26.2 Å². The lowest BCUT2D eigenvalue weighted by molar-refractivity contribution is -0.127. The molecule has 110 valence electrons. The zero-order chi connectivity index (χ0) is 13.8. The third kappa shape index (κ3) is 4.16. The lowest BCUT2D eigenvalue weighted by atomic mass is 9.94. The quantitative estimate of drug-likeness (QED) is 0.706. The molecule has 0 aromatic carbocycles. The Kier molecular flexibility index (Phi) is 5.19. The highest BCUT2D eigenvalue weighted by molar-refractivity contribution is 5.78. The van der Waals surface area contributed by atoms with Gasteiger partial charge in [-0.25, -0.2) is 0 Å². The number of hydrogen-bond donors (Lipinski definition) is 2. The van der Waals surface area contributed by atoms with Crippen LogP contribution >= 0.6 is 0 Å². The van der Waals surface area contributed by atoms with E-state index in [1.807, 2.05) is 0 Å². The van der Waals surface area contributed by atoms with E-state index < -0.39 is 0 Å². The van der Waals surface area contributed by atoms with Crippen LogP contribution in [0.3, 0.4) is 0 Å². The van der Waals surface area contributed by atoms with Gasteiger partial charge in [-0.05, 0) is 31.8 Å². The van der Waals surface area contributed by atoms with E-state index in [1.54, 1.807) is 0 Å². The molecule has 0 spiro atoms. The van der Waals surface area contributed by atoms with Crippen molar-refractivity contribution in [3.05, 3.63) is 0 Å². The van der Waals surface area contributed by atoms with Crippen LogP contribution in [-0.2, 0) is 4.79 Å². The molecule has 0 saturated carbocycles. The first-order valence-electron chi connectivity index (χ1n) is 7.50. The van der Waals surface area contributed by atoms with Crippen LogP contribution in [0.5, 0.6) is 0 Å². The van der Waals surface area contributed by atoms with Crippen LogP contribution in [0, 0.1) is 11.8 Å². The summed E-state index contributed by atoms with van der Waals surface area (Å²) in [5.74, 6) is 0.653. The fourth-order valence-corrected chi connectivity index (χ4v) is 3.13. The summed E-state index contributed by atoms with van der Waals surface area (Å²) >= 11 is 0. The number of nitrogens with zero attached hydrogens (tertiary/aromatic N) is 2. The minimum Gasteiger partial charge on any atom is -0.390 e. The van der Waals surface area contributed by atoms with Gasteiger partial charge in [-0.3, -0.25) is 9.69 Å². The van der Waals surface area contributed by atoms with Gasteiger partial charge in [0.05, 0.1) is 12.0 Å². The van der Waals surface area contributed by atoms with E-state index in [9.17, 15) is 9.90 Å².